The van der Waals surface area contributed by atoms with Gasteiger partial charge in [0.25, 0.3) is 0 Å². The lowest BCUT2D eigenvalue weighted by Gasteiger charge is -2.27. The Balaban J connectivity index is 1.71. The van der Waals surface area contributed by atoms with Crippen LogP contribution in [0.3, 0.4) is 0 Å². The standard InChI is InChI=1S/C14H17FN4O/c15-13-7-11(18-10-1-4-12(20)5-2-10)3-6-14(13)19-9-16-8-17-19/h3,6-10,12,18,20H,1-2,4-5H2. The smallest absolute Gasteiger partial charge is 0.150 e. The van der Waals surface area contributed by atoms with Gasteiger partial charge in [0.15, 0.2) is 5.82 Å². The third-order valence-corrected chi connectivity index (χ3v) is 3.68. The van der Waals surface area contributed by atoms with E-state index in [2.05, 4.69) is 15.4 Å². The van der Waals surface area contributed by atoms with Gasteiger partial charge in [-0.05, 0) is 43.9 Å². The first-order valence-electron chi connectivity index (χ1n) is 6.81. The highest BCUT2D eigenvalue weighted by molar-refractivity contribution is 5.50. The molecule has 1 aromatic carbocycles. The molecule has 0 bridgehead atoms. The maximum atomic E-state index is 14.1. The summed E-state index contributed by atoms with van der Waals surface area (Å²) in [5.74, 6) is -0.337. The van der Waals surface area contributed by atoms with Gasteiger partial charge < -0.3 is 10.4 Å². The van der Waals surface area contributed by atoms with Crippen LogP contribution in [0.1, 0.15) is 25.7 Å². The minimum absolute atomic E-state index is 0.181. The molecule has 0 unspecified atom stereocenters. The van der Waals surface area contributed by atoms with E-state index in [1.807, 2.05) is 6.07 Å². The van der Waals surface area contributed by atoms with Crippen LogP contribution in [0, 0.1) is 5.82 Å². The molecular formula is C14H17FN4O. The molecule has 20 heavy (non-hydrogen) atoms. The quantitative estimate of drug-likeness (QED) is 0.901. The fourth-order valence-corrected chi connectivity index (χ4v) is 2.57. The number of aliphatic hydroxyl groups is 1. The largest absolute Gasteiger partial charge is 0.393 e. The second-order valence-corrected chi connectivity index (χ2v) is 5.16. The third-order valence-electron chi connectivity index (χ3n) is 3.68. The van der Waals surface area contributed by atoms with Gasteiger partial charge in [-0.15, -0.1) is 0 Å². The molecule has 2 aromatic rings. The summed E-state index contributed by atoms with van der Waals surface area (Å²) in [5.41, 5.74) is 1.14. The summed E-state index contributed by atoms with van der Waals surface area (Å²) in [6.45, 7) is 0. The lowest BCUT2D eigenvalue weighted by Crippen LogP contribution is -2.28. The second kappa shape index (κ2) is 5.58. The number of aliphatic hydroxyl groups excluding tert-OH is 1. The average Bonchev–Trinajstić information content (AvgIpc) is 2.95. The van der Waals surface area contributed by atoms with E-state index in [-0.39, 0.29) is 11.9 Å². The number of nitrogens with one attached hydrogen (secondary N) is 1. The van der Waals surface area contributed by atoms with Crippen molar-refractivity contribution in [3.8, 4) is 5.69 Å². The van der Waals surface area contributed by atoms with E-state index >= 15 is 0 Å². The Morgan fingerprint density at radius 3 is 2.70 bits per heavy atom. The summed E-state index contributed by atoms with van der Waals surface area (Å²) in [5, 5.41) is 16.7. The van der Waals surface area contributed by atoms with E-state index in [4.69, 9.17) is 0 Å². The van der Waals surface area contributed by atoms with Crippen molar-refractivity contribution in [1.82, 2.24) is 14.8 Å². The molecule has 1 fully saturated rings. The Morgan fingerprint density at radius 2 is 2.05 bits per heavy atom. The molecule has 0 spiro atoms. The number of hydrogen-bond acceptors (Lipinski definition) is 4. The van der Waals surface area contributed by atoms with Crippen LogP contribution >= 0.6 is 0 Å². The first-order valence-corrected chi connectivity index (χ1v) is 6.81. The van der Waals surface area contributed by atoms with Crippen LogP contribution in [0.25, 0.3) is 5.69 Å². The zero-order chi connectivity index (χ0) is 13.9. The highest BCUT2D eigenvalue weighted by Crippen LogP contribution is 2.24. The first-order chi connectivity index (χ1) is 9.72. The topological polar surface area (TPSA) is 63.0 Å². The van der Waals surface area contributed by atoms with Gasteiger partial charge in [-0.3, -0.25) is 0 Å². The summed E-state index contributed by atoms with van der Waals surface area (Å²) in [4.78, 5) is 3.81. The van der Waals surface area contributed by atoms with E-state index in [9.17, 15) is 9.50 Å². The van der Waals surface area contributed by atoms with Gasteiger partial charge in [0, 0.05) is 11.7 Å². The third kappa shape index (κ3) is 2.80. The zero-order valence-electron chi connectivity index (χ0n) is 11.0. The summed E-state index contributed by atoms with van der Waals surface area (Å²) in [6, 6.07) is 5.30. The van der Waals surface area contributed by atoms with E-state index in [0.717, 1.165) is 31.4 Å². The Morgan fingerprint density at radius 1 is 1.25 bits per heavy atom. The van der Waals surface area contributed by atoms with Crippen LogP contribution in [0.5, 0.6) is 0 Å². The molecule has 0 saturated heterocycles. The summed E-state index contributed by atoms with van der Waals surface area (Å²) in [7, 11) is 0. The fourth-order valence-electron chi connectivity index (χ4n) is 2.57. The van der Waals surface area contributed by atoms with Crippen LogP contribution in [0.15, 0.2) is 30.9 Å². The Kier molecular flexibility index (Phi) is 3.64. The number of anilines is 1. The molecule has 6 heteroatoms. The van der Waals surface area contributed by atoms with Crippen molar-refractivity contribution in [2.45, 2.75) is 37.8 Å². The van der Waals surface area contributed by atoms with Crippen LogP contribution in [0.4, 0.5) is 10.1 Å². The average molecular weight is 276 g/mol. The number of halogens is 1. The molecule has 1 heterocycles. The number of benzene rings is 1. The van der Waals surface area contributed by atoms with Crippen LogP contribution in [-0.2, 0) is 0 Å². The Bertz CT molecular complexity index is 565. The van der Waals surface area contributed by atoms with Gasteiger partial charge in [0.1, 0.15) is 18.3 Å². The number of hydrogen-bond donors (Lipinski definition) is 2. The molecule has 0 amide bonds. The molecule has 2 N–H and O–H groups in total. The van der Waals surface area contributed by atoms with Crippen molar-refractivity contribution in [3.05, 3.63) is 36.7 Å². The SMILES string of the molecule is OC1CCC(Nc2ccc(-n3cncn3)c(F)c2)CC1. The van der Waals surface area contributed by atoms with Gasteiger partial charge in [-0.1, -0.05) is 0 Å². The first kappa shape index (κ1) is 13.1. The molecule has 1 saturated carbocycles. The molecule has 5 nitrogen and oxygen atoms in total. The molecule has 0 atom stereocenters. The van der Waals surface area contributed by atoms with Crippen molar-refractivity contribution >= 4 is 5.69 Å². The number of rotatable bonds is 3. The number of nitrogens with zero attached hydrogens (tertiary/aromatic N) is 3. The summed E-state index contributed by atoms with van der Waals surface area (Å²) in [6.07, 6.45) is 6.09. The van der Waals surface area contributed by atoms with Crippen LogP contribution < -0.4 is 5.32 Å². The molecule has 1 aromatic heterocycles. The molecule has 0 aliphatic heterocycles. The van der Waals surface area contributed by atoms with Crippen LogP contribution in [-0.4, -0.2) is 32.0 Å². The zero-order valence-corrected chi connectivity index (χ0v) is 11.0. The minimum Gasteiger partial charge on any atom is -0.393 e. The predicted molar refractivity (Wildman–Crippen MR) is 73.2 cm³/mol. The molecule has 1 aliphatic carbocycles. The van der Waals surface area contributed by atoms with Crippen molar-refractivity contribution in [3.63, 3.8) is 0 Å². The van der Waals surface area contributed by atoms with Crippen LogP contribution in [0.2, 0.25) is 0 Å². The molecular weight excluding hydrogens is 259 g/mol. The predicted octanol–water partition coefficient (Wildman–Crippen LogP) is 2.12. The van der Waals surface area contributed by atoms with E-state index in [1.54, 1.807) is 6.07 Å². The molecule has 0 radical (unpaired) electrons. The van der Waals surface area contributed by atoms with Crippen molar-refractivity contribution in [2.24, 2.45) is 0 Å². The van der Waals surface area contributed by atoms with Gasteiger partial charge in [0.05, 0.1) is 6.10 Å². The normalized spacial score (nSPS) is 22.7. The number of aromatic nitrogens is 3. The molecule has 1 aliphatic rings. The lowest BCUT2D eigenvalue weighted by molar-refractivity contribution is 0.126. The van der Waals surface area contributed by atoms with E-state index in [0.29, 0.717) is 11.7 Å². The molecule has 3 rings (SSSR count). The maximum Gasteiger partial charge on any atom is 0.150 e. The summed E-state index contributed by atoms with van der Waals surface area (Å²) < 4.78 is 15.5. The second-order valence-electron chi connectivity index (χ2n) is 5.16. The molecule has 106 valence electrons. The highest BCUT2D eigenvalue weighted by Gasteiger charge is 2.19. The monoisotopic (exact) mass is 276 g/mol. The van der Waals surface area contributed by atoms with Gasteiger partial charge in [0.2, 0.25) is 0 Å². The van der Waals surface area contributed by atoms with Gasteiger partial charge >= 0.3 is 0 Å². The minimum atomic E-state index is -0.337. The Hall–Kier alpha value is -1.95. The van der Waals surface area contributed by atoms with Gasteiger partial charge in [-0.25, -0.2) is 14.1 Å². The van der Waals surface area contributed by atoms with Crippen molar-refractivity contribution < 1.29 is 9.50 Å². The van der Waals surface area contributed by atoms with E-state index < -0.39 is 0 Å². The maximum absolute atomic E-state index is 14.1. The fraction of sp³-hybridized carbons (Fsp3) is 0.429. The Labute approximate surface area is 116 Å². The highest BCUT2D eigenvalue weighted by atomic mass is 19.1. The van der Waals surface area contributed by atoms with E-state index in [1.165, 1.54) is 23.4 Å². The van der Waals surface area contributed by atoms with Crippen molar-refractivity contribution in [1.29, 1.82) is 0 Å². The summed E-state index contributed by atoms with van der Waals surface area (Å²) >= 11 is 0. The lowest BCUT2D eigenvalue weighted by atomic mass is 9.93. The van der Waals surface area contributed by atoms with Gasteiger partial charge in [-0.2, -0.15) is 5.10 Å². The van der Waals surface area contributed by atoms with Crippen molar-refractivity contribution in [2.75, 3.05) is 5.32 Å².